The molecule has 0 aliphatic heterocycles. The van der Waals surface area contributed by atoms with Crippen LogP contribution in [0.4, 0.5) is 0 Å². The van der Waals surface area contributed by atoms with Crippen molar-refractivity contribution >= 4 is 49.9 Å². The van der Waals surface area contributed by atoms with Gasteiger partial charge in [0, 0.05) is 8.15 Å². The van der Waals surface area contributed by atoms with Crippen molar-refractivity contribution in [1.29, 1.82) is 0 Å². The molecule has 0 spiro atoms. The molecule has 5 nitrogen and oxygen atoms in total. The predicted octanol–water partition coefficient (Wildman–Crippen LogP) is -1.22. The van der Waals surface area contributed by atoms with Crippen LogP contribution in [0.5, 0.6) is 0 Å². The summed E-state index contributed by atoms with van der Waals surface area (Å²) in [7, 11) is -1.01. The Morgan fingerprint density at radius 2 is 2.20 bits per heavy atom. The van der Waals surface area contributed by atoms with Crippen LogP contribution < -0.4 is 11.1 Å². The number of hydrogen-bond acceptors (Lipinski definition) is 4. The van der Waals surface area contributed by atoms with Gasteiger partial charge in [-0.05, 0) is 26.2 Å². The molecule has 4 N–H and O–H groups in total. The molecule has 0 saturated carbocycles. The molecule has 0 fully saturated rings. The van der Waals surface area contributed by atoms with Gasteiger partial charge in [0.15, 0.2) is 0 Å². The van der Waals surface area contributed by atoms with Gasteiger partial charge in [-0.3, -0.25) is 4.79 Å². The van der Waals surface area contributed by atoms with E-state index in [0.717, 1.165) is 0 Å². The zero-order valence-corrected chi connectivity index (χ0v) is 9.33. The van der Waals surface area contributed by atoms with E-state index in [-0.39, 0.29) is 35.5 Å². The van der Waals surface area contributed by atoms with E-state index in [0.29, 0.717) is 18.9 Å². The van der Waals surface area contributed by atoms with Crippen molar-refractivity contribution in [3.8, 4) is 0 Å². The minimum absolute atomic E-state index is 0. The van der Waals surface area contributed by atoms with Crippen molar-refractivity contribution in [3.63, 3.8) is 0 Å². The fourth-order valence-corrected chi connectivity index (χ4v) is 1.47. The Morgan fingerprint density at radius 3 is 2.60 bits per heavy atom. The third-order valence-corrected chi connectivity index (χ3v) is 2.58. The second kappa shape index (κ2) is 9.70. The van der Waals surface area contributed by atoms with Crippen LogP contribution in [0.25, 0.3) is 0 Å². The molecule has 0 aromatic rings. The average molecular weight is 244 g/mol. The van der Waals surface area contributed by atoms with Crippen molar-refractivity contribution in [3.05, 3.63) is 0 Å². The van der Waals surface area contributed by atoms with Gasteiger partial charge >= 0.3 is 29.6 Å². The molecule has 0 aromatic carbocycles. The number of hydrogen-bond donors (Lipinski definition) is 3. The molecule has 1 amide bonds. The molecule has 0 radical (unpaired) electrons. The van der Waals surface area contributed by atoms with E-state index in [2.05, 4.69) is 5.32 Å². The summed E-state index contributed by atoms with van der Waals surface area (Å²) in [5, 5.41) is 2.45. The van der Waals surface area contributed by atoms with E-state index in [1.54, 1.807) is 13.6 Å². The van der Waals surface area contributed by atoms with E-state index in [1.165, 1.54) is 0 Å². The topological polar surface area (TPSA) is 92.4 Å². The van der Waals surface area contributed by atoms with Crippen LogP contribution in [-0.4, -0.2) is 71.6 Å². The molecular weight excluding hydrogens is 226 g/mol. The Bertz CT molecular complexity index is 204. The third kappa shape index (κ3) is 9.42. The third-order valence-electron chi connectivity index (χ3n) is 1.67. The Hall–Kier alpha value is 0.490. The molecule has 0 aromatic heterocycles. The van der Waals surface area contributed by atoms with E-state index < -0.39 is 20.2 Å². The van der Waals surface area contributed by atoms with Crippen LogP contribution >= 0.6 is 8.15 Å². The van der Waals surface area contributed by atoms with Gasteiger partial charge in [-0.15, -0.1) is 0 Å². The Kier molecular flexibility index (Phi) is 11.6. The molecule has 7 heteroatoms. The first-order chi connectivity index (χ1) is 6.47. The predicted molar refractivity (Wildman–Crippen MR) is 63.3 cm³/mol. The zero-order chi connectivity index (χ0) is 11.1. The Labute approximate surface area is 113 Å². The molecule has 0 rings (SSSR count). The van der Waals surface area contributed by atoms with E-state index in [1.807, 2.05) is 0 Å². The Balaban J connectivity index is 0. The zero-order valence-electron chi connectivity index (χ0n) is 8.43. The van der Waals surface area contributed by atoms with Gasteiger partial charge in [0.1, 0.15) is 6.29 Å². The number of amides is 1. The van der Waals surface area contributed by atoms with Gasteiger partial charge in [0.2, 0.25) is 5.91 Å². The van der Waals surface area contributed by atoms with Crippen molar-refractivity contribution in [2.24, 2.45) is 5.73 Å². The van der Waals surface area contributed by atoms with E-state index >= 15 is 0 Å². The SMILES string of the molecule is C[C@@H](C=O)NC(=O)C(N)CCP(C)O.[NaH]. The quantitative estimate of drug-likeness (QED) is 0.310. The summed E-state index contributed by atoms with van der Waals surface area (Å²) in [5.74, 6) is -0.346. The van der Waals surface area contributed by atoms with Crippen LogP contribution in [0.2, 0.25) is 0 Å². The Morgan fingerprint density at radius 1 is 1.67 bits per heavy atom. The van der Waals surface area contributed by atoms with Gasteiger partial charge in [0.05, 0.1) is 12.1 Å². The number of carbonyl (C=O) groups is 2. The second-order valence-electron chi connectivity index (χ2n) is 3.21. The summed E-state index contributed by atoms with van der Waals surface area (Å²) in [5.41, 5.74) is 5.54. The summed E-state index contributed by atoms with van der Waals surface area (Å²) < 4.78 is 0. The second-order valence-corrected chi connectivity index (χ2v) is 4.97. The monoisotopic (exact) mass is 244 g/mol. The molecule has 2 unspecified atom stereocenters. The molecule has 0 aliphatic rings. The van der Waals surface area contributed by atoms with Gasteiger partial charge in [-0.25, -0.2) is 0 Å². The van der Waals surface area contributed by atoms with Crippen molar-refractivity contribution < 1.29 is 14.5 Å². The van der Waals surface area contributed by atoms with Crippen molar-refractivity contribution in [1.82, 2.24) is 5.32 Å². The molecule has 0 saturated heterocycles. The van der Waals surface area contributed by atoms with Crippen molar-refractivity contribution in [2.75, 3.05) is 12.8 Å². The molecule has 0 aliphatic carbocycles. The summed E-state index contributed by atoms with van der Waals surface area (Å²) in [4.78, 5) is 30.5. The van der Waals surface area contributed by atoms with Crippen LogP contribution in [0.1, 0.15) is 13.3 Å². The van der Waals surface area contributed by atoms with Crippen LogP contribution in [-0.2, 0) is 9.59 Å². The van der Waals surface area contributed by atoms with Gasteiger partial charge in [-0.1, -0.05) is 0 Å². The summed E-state index contributed by atoms with van der Waals surface area (Å²) in [6, 6.07) is -1.15. The normalized spacial score (nSPS) is 15.7. The minimum atomic E-state index is -1.01. The van der Waals surface area contributed by atoms with E-state index in [9.17, 15) is 9.59 Å². The number of nitrogens with two attached hydrogens (primary N) is 1. The van der Waals surface area contributed by atoms with Gasteiger partial charge in [-0.2, -0.15) is 0 Å². The summed E-state index contributed by atoms with van der Waals surface area (Å²) in [6.45, 7) is 3.28. The standard InChI is InChI=1S/C8H17N2O3P.Na.H/c1-6(5-11)10-8(12)7(9)3-4-14(2)13;;/h5-7,13H,3-4,9H2,1-2H3,(H,10,12);;/t6-,7?,14?;;/m0../s1. The van der Waals surface area contributed by atoms with E-state index in [4.69, 9.17) is 10.6 Å². The van der Waals surface area contributed by atoms with Crippen molar-refractivity contribution in [2.45, 2.75) is 25.4 Å². The number of carbonyl (C=O) groups excluding carboxylic acids is 2. The molecule has 0 bridgehead atoms. The van der Waals surface area contributed by atoms with Gasteiger partial charge < -0.3 is 20.7 Å². The first-order valence-electron chi connectivity index (χ1n) is 4.38. The van der Waals surface area contributed by atoms with Crippen LogP contribution in [0, 0.1) is 0 Å². The number of rotatable bonds is 6. The molecule has 0 heterocycles. The number of nitrogens with one attached hydrogen (secondary N) is 1. The van der Waals surface area contributed by atoms with Crippen LogP contribution in [0.15, 0.2) is 0 Å². The fourth-order valence-electron chi connectivity index (χ4n) is 0.822. The van der Waals surface area contributed by atoms with Crippen LogP contribution in [0.3, 0.4) is 0 Å². The molecule has 84 valence electrons. The fraction of sp³-hybridized carbons (Fsp3) is 0.750. The maximum atomic E-state index is 11.3. The summed E-state index contributed by atoms with van der Waals surface area (Å²) >= 11 is 0. The summed E-state index contributed by atoms with van der Waals surface area (Å²) in [6.07, 6.45) is 1.62. The first kappa shape index (κ1) is 17.9. The first-order valence-corrected chi connectivity index (χ1v) is 6.31. The van der Waals surface area contributed by atoms with Gasteiger partial charge in [0.25, 0.3) is 0 Å². The molecular formula is C8H18N2NaO3P. The molecule has 3 atom stereocenters. The molecule has 15 heavy (non-hydrogen) atoms. The average Bonchev–Trinajstić information content (AvgIpc) is 2.13. The maximum absolute atomic E-state index is 11.3. The number of aldehydes is 1.